The van der Waals surface area contributed by atoms with Crippen molar-refractivity contribution in [1.82, 2.24) is 10.2 Å². The zero-order valence-electron chi connectivity index (χ0n) is 12.3. The van der Waals surface area contributed by atoms with Gasteiger partial charge in [-0.15, -0.1) is 0 Å². The first-order chi connectivity index (χ1) is 9.02. The maximum absolute atomic E-state index is 12.5. The van der Waals surface area contributed by atoms with Gasteiger partial charge >= 0.3 is 0 Å². The molecule has 1 unspecified atom stereocenters. The second kappa shape index (κ2) is 6.23. The fourth-order valence-electron chi connectivity index (χ4n) is 2.94. The monoisotopic (exact) mass is 268 g/mol. The molecule has 0 aromatic rings. The number of likely N-dealkylation sites (tertiary alicyclic amines) is 1. The smallest absolute Gasteiger partial charge is 0.239 e. The average molecular weight is 268 g/mol. The third kappa shape index (κ3) is 4.46. The minimum atomic E-state index is 0.0508. The van der Waals surface area contributed by atoms with E-state index in [9.17, 15) is 4.79 Å². The molecular formula is C15H28N2O2. The minimum absolute atomic E-state index is 0.0508. The Labute approximate surface area is 116 Å². The fraction of sp³-hybridized carbons (Fsp3) is 0.933. The Morgan fingerprint density at radius 1 is 1.37 bits per heavy atom. The lowest BCUT2D eigenvalue weighted by Gasteiger charge is -2.38. The van der Waals surface area contributed by atoms with Gasteiger partial charge in [-0.2, -0.15) is 0 Å². The molecule has 0 aromatic heterocycles. The number of aliphatic hydroxyl groups excluding tert-OH is 1. The fourth-order valence-corrected chi connectivity index (χ4v) is 2.94. The predicted molar refractivity (Wildman–Crippen MR) is 75.9 cm³/mol. The van der Waals surface area contributed by atoms with E-state index >= 15 is 0 Å². The van der Waals surface area contributed by atoms with E-state index in [0.29, 0.717) is 6.04 Å². The highest BCUT2D eigenvalue weighted by molar-refractivity contribution is 5.82. The van der Waals surface area contributed by atoms with Crippen LogP contribution in [0, 0.1) is 5.41 Å². The molecule has 1 aliphatic carbocycles. The van der Waals surface area contributed by atoms with E-state index in [4.69, 9.17) is 5.11 Å². The van der Waals surface area contributed by atoms with Crippen LogP contribution in [0.25, 0.3) is 0 Å². The summed E-state index contributed by atoms with van der Waals surface area (Å²) in [5.74, 6) is 0.287. The molecule has 1 saturated heterocycles. The van der Waals surface area contributed by atoms with Crippen molar-refractivity contribution in [2.24, 2.45) is 5.41 Å². The van der Waals surface area contributed by atoms with E-state index in [-0.39, 0.29) is 24.0 Å². The molecule has 4 heteroatoms. The number of rotatable bonds is 7. The Hall–Kier alpha value is -0.610. The molecule has 0 bridgehead atoms. The number of nitrogens with zero attached hydrogens (tertiary/aromatic N) is 1. The van der Waals surface area contributed by atoms with Gasteiger partial charge in [-0.3, -0.25) is 4.79 Å². The van der Waals surface area contributed by atoms with Gasteiger partial charge in [0.05, 0.1) is 6.04 Å². The summed E-state index contributed by atoms with van der Waals surface area (Å²) < 4.78 is 0. The van der Waals surface area contributed by atoms with Crippen molar-refractivity contribution >= 4 is 5.91 Å². The average Bonchev–Trinajstić information content (AvgIpc) is 3.16. The Bertz CT molecular complexity index is 313. The van der Waals surface area contributed by atoms with E-state index in [1.165, 1.54) is 12.8 Å². The van der Waals surface area contributed by atoms with Crippen LogP contribution in [-0.4, -0.2) is 47.7 Å². The summed E-state index contributed by atoms with van der Waals surface area (Å²) in [6.45, 7) is 6.32. The third-order valence-electron chi connectivity index (χ3n) is 4.18. The van der Waals surface area contributed by atoms with Crippen LogP contribution in [0.15, 0.2) is 0 Å². The number of nitrogens with one attached hydrogen (secondary N) is 1. The summed E-state index contributed by atoms with van der Waals surface area (Å²) >= 11 is 0. The van der Waals surface area contributed by atoms with Gasteiger partial charge in [0.1, 0.15) is 0 Å². The number of piperidine rings is 1. The zero-order valence-corrected chi connectivity index (χ0v) is 12.3. The molecule has 1 amide bonds. The largest absolute Gasteiger partial charge is 0.396 e. The molecule has 19 heavy (non-hydrogen) atoms. The quantitative estimate of drug-likeness (QED) is 0.736. The SMILES string of the molecule is CC(C)(CCCO)CN1CCCC(NC2CC2)C1=O. The number of hydrogen-bond donors (Lipinski definition) is 2. The van der Waals surface area contributed by atoms with E-state index in [1.54, 1.807) is 0 Å². The second-order valence-electron chi connectivity index (χ2n) is 6.89. The van der Waals surface area contributed by atoms with E-state index < -0.39 is 0 Å². The van der Waals surface area contributed by atoms with Crippen LogP contribution in [0.1, 0.15) is 52.4 Å². The summed E-state index contributed by atoms with van der Waals surface area (Å²) in [5, 5.41) is 12.4. The highest BCUT2D eigenvalue weighted by Crippen LogP contribution is 2.27. The van der Waals surface area contributed by atoms with Gasteiger partial charge in [0.15, 0.2) is 0 Å². The molecule has 4 nitrogen and oxygen atoms in total. The molecule has 0 aromatic carbocycles. The van der Waals surface area contributed by atoms with Crippen LogP contribution in [0.4, 0.5) is 0 Å². The van der Waals surface area contributed by atoms with Crippen LogP contribution in [0.3, 0.4) is 0 Å². The summed E-state index contributed by atoms with van der Waals surface area (Å²) in [6.07, 6.45) is 6.33. The van der Waals surface area contributed by atoms with Gasteiger partial charge < -0.3 is 15.3 Å². The van der Waals surface area contributed by atoms with Crippen molar-refractivity contribution in [3.8, 4) is 0 Å². The van der Waals surface area contributed by atoms with Gasteiger partial charge in [0, 0.05) is 25.7 Å². The first-order valence-electron chi connectivity index (χ1n) is 7.67. The topological polar surface area (TPSA) is 52.6 Å². The molecule has 2 aliphatic rings. The lowest BCUT2D eigenvalue weighted by atomic mass is 9.86. The molecule has 0 spiro atoms. The summed E-state index contributed by atoms with van der Waals surface area (Å²) in [5.41, 5.74) is 0.0971. The predicted octanol–water partition coefficient (Wildman–Crippen LogP) is 1.53. The zero-order chi connectivity index (χ0) is 13.9. The molecule has 1 saturated carbocycles. The number of amides is 1. The maximum atomic E-state index is 12.5. The summed E-state index contributed by atoms with van der Waals surface area (Å²) in [6, 6.07) is 0.645. The minimum Gasteiger partial charge on any atom is -0.396 e. The molecule has 110 valence electrons. The molecule has 1 atom stereocenters. The Balaban J connectivity index is 1.85. The van der Waals surface area contributed by atoms with Crippen molar-refractivity contribution < 1.29 is 9.90 Å². The van der Waals surface area contributed by atoms with Crippen molar-refractivity contribution in [1.29, 1.82) is 0 Å². The van der Waals surface area contributed by atoms with E-state index in [0.717, 1.165) is 38.8 Å². The lowest BCUT2D eigenvalue weighted by molar-refractivity contribution is -0.137. The standard InChI is InChI=1S/C15H28N2O2/c1-15(2,8-4-10-18)11-17-9-3-5-13(14(17)19)16-12-6-7-12/h12-13,16,18H,3-11H2,1-2H3. The maximum Gasteiger partial charge on any atom is 0.239 e. The van der Waals surface area contributed by atoms with Crippen molar-refractivity contribution in [3.63, 3.8) is 0 Å². The first kappa shape index (κ1) is 14.8. The molecule has 2 fully saturated rings. The van der Waals surface area contributed by atoms with Crippen molar-refractivity contribution in [2.75, 3.05) is 19.7 Å². The molecule has 0 radical (unpaired) electrons. The number of carbonyl (C=O) groups excluding carboxylic acids is 1. The van der Waals surface area contributed by atoms with Gasteiger partial charge in [-0.05, 0) is 43.9 Å². The highest BCUT2D eigenvalue weighted by Gasteiger charge is 2.35. The lowest BCUT2D eigenvalue weighted by Crippen LogP contribution is -2.53. The molecule has 1 aliphatic heterocycles. The number of carbonyl (C=O) groups is 1. The molecule has 2 rings (SSSR count). The van der Waals surface area contributed by atoms with Gasteiger partial charge in [-0.25, -0.2) is 0 Å². The second-order valence-corrected chi connectivity index (χ2v) is 6.89. The van der Waals surface area contributed by atoms with Crippen LogP contribution >= 0.6 is 0 Å². The van der Waals surface area contributed by atoms with Crippen LogP contribution in [0.5, 0.6) is 0 Å². The third-order valence-corrected chi connectivity index (χ3v) is 4.18. The van der Waals surface area contributed by atoms with Crippen LogP contribution in [-0.2, 0) is 4.79 Å². The summed E-state index contributed by atoms with van der Waals surface area (Å²) in [7, 11) is 0. The van der Waals surface area contributed by atoms with Gasteiger partial charge in [0.25, 0.3) is 0 Å². The number of aliphatic hydroxyl groups is 1. The molecule has 1 heterocycles. The van der Waals surface area contributed by atoms with Crippen LogP contribution in [0.2, 0.25) is 0 Å². The van der Waals surface area contributed by atoms with Gasteiger partial charge in [-0.1, -0.05) is 13.8 Å². The van der Waals surface area contributed by atoms with Crippen LogP contribution < -0.4 is 5.32 Å². The Kier molecular flexibility index (Phi) is 4.85. The molecular weight excluding hydrogens is 240 g/mol. The first-order valence-corrected chi connectivity index (χ1v) is 7.67. The normalized spacial score (nSPS) is 24.9. The van der Waals surface area contributed by atoms with Crippen molar-refractivity contribution in [2.45, 2.75) is 64.5 Å². The summed E-state index contributed by atoms with van der Waals surface area (Å²) in [4.78, 5) is 14.5. The van der Waals surface area contributed by atoms with Gasteiger partial charge in [0.2, 0.25) is 5.91 Å². The highest BCUT2D eigenvalue weighted by atomic mass is 16.3. The molecule has 2 N–H and O–H groups in total. The van der Waals surface area contributed by atoms with E-state index in [1.807, 2.05) is 4.90 Å². The van der Waals surface area contributed by atoms with Crippen molar-refractivity contribution in [3.05, 3.63) is 0 Å². The Morgan fingerprint density at radius 3 is 2.74 bits per heavy atom. The Morgan fingerprint density at radius 2 is 2.11 bits per heavy atom. The van der Waals surface area contributed by atoms with E-state index in [2.05, 4.69) is 19.2 Å². The number of hydrogen-bond acceptors (Lipinski definition) is 3.